The van der Waals surface area contributed by atoms with Crippen molar-refractivity contribution in [3.05, 3.63) is 0 Å². The Morgan fingerprint density at radius 1 is 0.810 bits per heavy atom. The van der Waals surface area contributed by atoms with Gasteiger partial charge in [0, 0.05) is 0 Å². The second-order valence-electron chi connectivity index (χ2n) is 6.35. The number of rotatable bonds is 14. The Morgan fingerprint density at radius 3 is 1.67 bits per heavy atom. The fourth-order valence-corrected chi connectivity index (χ4v) is 6.31. The summed E-state index contributed by atoms with van der Waals surface area (Å²) in [6.45, 7) is 6.10. The molecule has 0 bridgehead atoms. The van der Waals surface area contributed by atoms with E-state index in [0.717, 1.165) is 19.6 Å². The first-order valence-electron chi connectivity index (χ1n) is 8.34. The minimum absolute atomic E-state index is 0.867. The highest BCUT2D eigenvalue weighted by molar-refractivity contribution is 7.83. The molecule has 0 unspecified atom stereocenters. The molecule has 4 nitrogen and oxygen atoms in total. The average Bonchev–Trinajstić information content (AvgIpc) is 2.39. The van der Waals surface area contributed by atoms with E-state index in [0.29, 0.717) is 0 Å². The molecule has 0 aliphatic heterocycles. The Labute approximate surface area is 133 Å². The quantitative estimate of drug-likeness (QED) is 0.329. The Balaban J connectivity index is 3.53. The first-order chi connectivity index (χ1) is 9.83. The average molecular weight is 339 g/mol. The highest BCUT2D eigenvalue weighted by Crippen LogP contribution is 2.20. The van der Waals surface area contributed by atoms with Gasteiger partial charge in [0.1, 0.15) is 0 Å². The summed E-state index contributed by atoms with van der Waals surface area (Å²) < 4.78 is 32.1. The van der Waals surface area contributed by atoms with Gasteiger partial charge in [-0.25, -0.2) is 0 Å². The molecule has 0 fully saturated rings. The standard InChI is InChI=1S/C15H34O4SSi/c1-5-6-7-8-9-10-11-12-13-14-15-21(3,4)19-20(16,17)18-2/h5-15H2,1-4H3. The Kier molecular flexibility index (Phi) is 11.7. The third kappa shape index (κ3) is 13.5. The minimum Gasteiger partial charge on any atom is -0.294 e. The maximum atomic E-state index is 11.3. The van der Waals surface area contributed by atoms with Crippen LogP contribution in [0.2, 0.25) is 19.1 Å². The smallest absolute Gasteiger partial charge is 0.294 e. The van der Waals surface area contributed by atoms with Crippen molar-refractivity contribution in [1.29, 1.82) is 0 Å². The van der Waals surface area contributed by atoms with Crippen LogP contribution < -0.4 is 0 Å². The third-order valence-corrected chi connectivity index (χ3v) is 8.25. The van der Waals surface area contributed by atoms with Crippen molar-refractivity contribution in [2.45, 2.75) is 90.3 Å². The summed E-state index contributed by atoms with van der Waals surface area (Å²) >= 11 is 0. The van der Waals surface area contributed by atoms with Crippen LogP contribution in [-0.4, -0.2) is 23.8 Å². The molecule has 0 saturated carbocycles. The van der Waals surface area contributed by atoms with E-state index in [1.807, 2.05) is 13.1 Å². The van der Waals surface area contributed by atoms with Crippen molar-refractivity contribution in [1.82, 2.24) is 0 Å². The monoisotopic (exact) mass is 338 g/mol. The van der Waals surface area contributed by atoms with Gasteiger partial charge < -0.3 is 0 Å². The second-order valence-corrected chi connectivity index (χ2v) is 12.2. The third-order valence-electron chi connectivity index (χ3n) is 3.66. The fourth-order valence-electron chi connectivity index (χ4n) is 2.39. The molecule has 0 N–H and O–H groups in total. The van der Waals surface area contributed by atoms with E-state index in [9.17, 15) is 8.42 Å². The van der Waals surface area contributed by atoms with Crippen LogP contribution in [0.1, 0.15) is 71.1 Å². The van der Waals surface area contributed by atoms with Gasteiger partial charge in [0.2, 0.25) is 8.32 Å². The molecule has 0 aromatic rings. The van der Waals surface area contributed by atoms with Crippen molar-refractivity contribution in [2.24, 2.45) is 0 Å². The summed E-state index contributed by atoms with van der Waals surface area (Å²) in [5, 5.41) is 0. The molecule has 0 saturated heterocycles. The minimum atomic E-state index is -3.78. The predicted molar refractivity (Wildman–Crippen MR) is 91.1 cm³/mol. The molecular formula is C15H34O4SSi. The van der Waals surface area contributed by atoms with Gasteiger partial charge in [0.25, 0.3) is 0 Å². The molecule has 0 amide bonds. The highest BCUT2D eigenvalue weighted by Gasteiger charge is 2.29. The van der Waals surface area contributed by atoms with Crippen LogP contribution in [0, 0.1) is 0 Å². The molecule has 0 aromatic heterocycles. The molecule has 6 heteroatoms. The van der Waals surface area contributed by atoms with Crippen molar-refractivity contribution < 1.29 is 16.5 Å². The van der Waals surface area contributed by atoms with Crippen molar-refractivity contribution >= 4 is 18.7 Å². The first-order valence-corrected chi connectivity index (χ1v) is 12.8. The summed E-state index contributed by atoms with van der Waals surface area (Å²) in [4.78, 5) is 0. The maximum Gasteiger partial charge on any atom is 0.389 e. The van der Waals surface area contributed by atoms with Crippen molar-refractivity contribution in [3.63, 3.8) is 0 Å². The van der Waals surface area contributed by atoms with Gasteiger partial charge in [-0.15, -0.1) is 0 Å². The molecule has 21 heavy (non-hydrogen) atoms. The van der Waals surface area contributed by atoms with Crippen LogP contribution in [0.4, 0.5) is 0 Å². The molecule has 0 heterocycles. The molecule has 128 valence electrons. The van der Waals surface area contributed by atoms with Gasteiger partial charge in [-0.3, -0.25) is 8.06 Å². The topological polar surface area (TPSA) is 52.6 Å². The molecular weight excluding hydrogens is 304 g/mol. The summed E-state index contributed by atoms with van der Waals surface area (Å²) in [6.07, 6.45) is 12.9. The number of hydrogen-bond donors (Lipinski definition) is 0. The predicted octanol–water partition coefficient (Wildman–Crippen LogP) is 5.02. The second kappa shape index (κ2) is 11.6. The largest absolute Gasteiger partial charge is 0.389 e. The Hall–Kier alpha value is 0.0869. The fraction of sp³-hybridized carbons (Fsp3) is 1.00. The van der Waals surface area contributed by atoms with Crippen molar-refractivity contribution in [3.8, 4) is 0 Å². The molecule has 0 atom stereocenters. The number of unbranched alkanes of at least 4 members (excludes halogenated alkanes) is 9. The summed E-state index contributed by atoms with van der Waals surface area (Å²) in [6, 6.07) is 0.867. The van der Waals surface area contributed by atoms with E-state index in [1.165, 1.54) is 57.8 Å². The summed E-state index contributed by atoms with van der Waals surface area (Å²) in [5.41, 5.74) is 0. The zero-order valence-electron chi connectivity index (χ0n) is 14.3. The molecule has 0 aliphatic carbocycles. The lowest BCUT2D eigenvalue weighted by atomic mass is 10.1. The van der Waals surface area contributed by atoms with E-state index in [2.05, 4.69) is 11.1 Å². The molecule has 0 spiro atoms. The highest BCUT2D eigenvalue weighted by atomic mass is 32.3. The lowest BCUT2D eigenvalue weighted by Gasteiger charge is -2.20. The van der Waals surface area contributed by atoms with Gasteiger partial charge in [-0.1, -0.05) is 71.1 Å². The SMILES string of the molecule is CCCCCCCCCCCC[Si](C)(C)OS(=O)(=O)OC. The zero-order valence-corrected chi connectivity index (χ0v) is 16.1. The summed E-state index contributed by atoms with van der Waals surface area (Å²) in [7, 11) is -4.80. The van der Waals surface area contributed by atoms with Crippen LogP contribution in [0.5, 0.6) is 0 Å². The zero-order chi connectivity index (χ0) is 16.2. The van der Waals surface area contributed by atoms with E-state index < -0.39 is 18.7 Å². The van der Waals surface area contributed by atoms with E-state index in [1.54, 1.807) is 0 Å². The lowest BCUT2D eigenvalue weighted by molar-refractivity contribution is 0.327. The van der Waals surface area contributed by atoms with Gasteiger partial charge in [-0.2, -0.15) is 8.42 Å². The van der Waals surface area contributed by atoms with E-state index >= 15 is 0 Å². The van der Waals surface area contributed by atoms with Crippen LogP contribution in [0.3, 0.4) is 0 Å². The van der Waals surface area contributed by atoms with Gasteiger partial charge in [-0.05, 0) is 19.1 Å². The Bertz CT molecular complexity index is 342. The van der Waals surface area contributed by atoms with E-state index in [-0.39, 0.29) is 0 Å². The van der Waals surface area contributed by atoms with Gasteiger partial charge in [0.15, 0.2) is 0 Å². The van der Waals surface area contributed by atoms with Crippen LogP contribution in [0.15, 0.2) is 0 Å². The molecule has 0 aromatic carbocycles. The first kappa shape index (κ1) is 21.1. The summed E-state index contributed by atoms with van der Waals surface area (Å²) in [5.74, 6) is 0. The maximum absolute atomic E-state index is 11.3. The molecule has 0 aliphatic rings. The van der Waals surface area contributed by atoms with Gasteiger partial charge >= 0.3 is 10.4 Å². The van der Waals surface area contributed by atoms with Crippen molar-refractivity contribution in [2.75, 3.05) is 7.11 Å². The van der Waals surface area contributed by atoms with Crippen LogP contribution in [0.25, 0.3) is 0 Å². The van der Waals surface area contributed by atoms with Crippen LogP contribution >= 0.6 is 0 Å². The number of hydrogen-bond acceptors (Lipinski definition) is 4. The van der Waals surface area contributed by atoms with E-state index in [4.69, 9.17) is 3.87 Å². The van der Waals surface area contributed by atoms with Crippen LogP contribution in [-0.2, 0) is 18.5 Å². The lowest BCUT2D eigenvalue weighted by Crippen LogP contribution is -2.33. The normalized spacial score (nSPS) is 12.8. The molecule has 0 radical (unpaired) electrons. The molecule has 0 rings (SSSR count). The Morgan fingerprint density at radius 2 is 1.24 bits per heavy atom. The van der Waals surface area contributed by atoms with Gasteiger partial charge in [0.05, 0.1) is 7.11 Å².